The second-order valence-electron chi connectivity index (χ2n) is 4.77. The number of carbonyl (C=O) groups is 1. The van der Waals surface area contributed by atoms with E-state index in [2.05, 4.69) is 5.10 Å². The van der Waals surface area contributed by atoms with E-state index < -0.39 is 13.2 Å². The molecule has 0 aliphatic carbocycles. The molecule has 8 heteroatoms. The van der Waals surface area contributed by atoms with E-state index in [0.717, 1.165) is 12.8 Å². The summed E-state index contributed by atoms with van der Waals surface area (Å²) in [7, 11) is -0.495. The van der Waals surface area contributed by atoms with Gasteiger partial charge in [-0.3, -0.25) is 4.68 Å². The Hall–Kier alpha value is -1.54. The molecular formula is C11H16BN3O4. The minimum Gasteiger partial charge on any atom is -0.465 e. The number of hydrogen-bond donors (Lipinski definition) is 1. The number of amides is 1. The maximum Gasteiger partial charge on any atom is 0.483 e. The number of carboxylic acid groups (broad SMARTS) is 1. The van der Waals surface area contributed by atoms with Crippen LogP contribution in [0.5, 0.6) is 0 Å². The molecule has 0 saturated carbocycles. The maximum atomic E-state index is 11.4. The van der Waals surface area contributed by atoms with Crippen LogP contribution in [0.1, 0.15) is 18.9 Å². The van der Waals surface area contributed by atoms with Crippen LogP contribution in [0.3, 0.4) is 0 Å². The molecule has 102 valence electrons. The molecule has 2 atom stereocenters. The molecule has 2 aliphatic heterocycles. The van der Waals surface area contributed by atoms with Crippen molar-refractivity contribution < 1.29 is 19.2 Å². The van der Waals surface area contributed by atoms with E-state index in [-0.39, 0.29) is 12.0 Å². The number of rotatable bonds is 2. The van der Waals surface area contributed by atoms with Crippen LogP contribution in [0.25, 0.3) is 0 Å². The van der Waals surface area contributed by atoms with Crippen LogP contribution in [0.2, 0.25) is 0 Å². The number of likely N-dealkylation sites (tertiary alicyclic amines) is 1. The molecule has 0 aromatic carbocycles. The molecular weight excluding hydrogens is 249 g/mol. The van der Waals surface area contributed by atoms with E-state index in [1.165, 1.54) is 4.90 Å². The average Bonchev–Trinajstić information content (AvgIpc) is 3.11. The summed E-state index contributed by atoms with van der Waals surface area (Å²) in [6, 6.07) is 1.80. The molecule has 2 aliphatic rings. The van der Waals surface area contributed by atoms with E-state index in [4.69, 9.17) is 9.31 Å². The minimum atomic E-state index is -0.930. The summed E-state index contributed by atoms with van der Waals surface area (Å²) in [5.41, 5.74) is 0. The molecule has 0 spiro atoms. The number of piperidine rings is 1. The molecule has 1 aromatic heterocycles. The van der Waals surface area contributed by atoms with E-state index >= 15 is 0 Å². The third kappa shape index (κ3) is 2.33. The fourth-order valence-corrected chi connectivity index (χ4v) is 2.89. The Kier molecular flexibility index (Phi) is 3.43. The van der Waals surface area contributed by atoms with Gasteiger partial charge in [-0.15, -0.1) is 0 Å². The van der Waals surface area contributed by atoms with Gasteiger partial charge in [-0.2, -0.15) is 5.10 Å². The van der Waals surface area contributed by atoms with Gasteiger partial charge in [0.25, 0.3) is 0 Å². The van der Waals surface area contributed by atoms with Gasteiger partial charge in [-0.25, -0.2) is 4.79 Å². The first kappa shape index (κ1) is 12.5. The lowest BCUT2D eigenvalue weighted by Crippen LogP contribution is -2.57. The lowest BCUT2D eigenvalue weighted by atomic mass is 9.70. The van der Waals surface area contributed by atoms with Gasteiger partial charge < -0.3 is 19.3 Å². The molecule has 2 saturated heterocycles. The quantitative estimate of drug-likeness (QED) is 0.794. The molecule has 0 radical (unpaired) electrons. The Labute approximate surface area is 111 Å². The van der Waals surface area contributed by atoms with Gasteiger partial charge in [0, 0.05) is 18.9 Å². The zero-order chi connectivity index (χ0) is 13.2. The molecule has 3 heterocycles. The van der Waals surface area contributed by atoms with E-state index in [1.54, 1.807) is 6.20 Å². The first-order chi connectivity index (χ1) is 9.27. The molecule has 7 nitrogen and oxygen atoms in total. The average molecular weight is 265 g/mol. The Morgan fingerprint density at radius 3 is 2.84 bits per heavy atom. The standard InChI is InChI=1S/C11H16BN3O4/c16-11(17)14-5-1-3-9(15-6-2-4-13-15)10(14)12-18-7-8-19-12/h2,4,6,9-10H,1,3,5,7-8H2,(H,16,17). The first-order valence-electron chi connectivity index (χ1n) is 6.49. The van der Waals surface area contributed by atoms with Gasteiger partial charge in [0.05, 0.1) is 25.2 Å². The lowest BCUT2D eigenvalue weighted by Gasteiger charge is -2.40. The van der Waals surface area contributed by atoms with Crippen molar-refractivity contribution in [1.29, 1.82) is 0 Å². The Balaban J connectivity index is 1.89. The van der Waals surface area contributed by atoms with Gasteiger partial charge in [0.15, 0.2) is 0 Å². The number of nitrogens with zero attached hydrogens (tertiary/aromatic N) is 3. The van der Waals surface area contributed by atoms with E-state index in [0.29, 0.717) is 19.8 Å². The van der Waals surface area contributed by atoms with Gasteiger partial charge in [0.1, 0.15) is 0 Å². The zero-order valence-corrected chi connectivity index (χ0v) is 10.5. The largest absolute Gasteiger partial charge is 0.483 e. The van der Waals surface area contributed by atoms with Gasteiger partial charge in [-0.1, -0.05) is 0 Å². The van der Waals surface area contributed by atoms with Crippen molar-refractivity contribution in [2.45, 2.75) is 24.8 Å². The predicted octanol–water partition coefficient (Wildman–Crippen LogP) is 0.641. The van der Waals surface area contributed by atoms with Crippen molar-refractivity contribution in [3.05, 3.63) is 18.5 Å². The lowest BCUT2D eigenvalue weighted by molar-refractivity contribution is 0.0916. The fraction of sp³-hybridized carbons (Fsp3) is 0.636. The Morgan fingerprint density at radius 1 is 1.42 bits per heavy atom. The highest BCUT2D eigenvalue weighted by molar-refractivity contribution is 6.47. The molecule has 1 amide bonds. The summed E-state index contributed by atoms with van der Waals surface area (Å²) in [4.78, 5) is 12.8. The van der Waals surface area contributed by atoms with Crippen LogP contribution < -0.4 is 0 Å². The molecule has 0 bridgehead atoms. The monoisotopic (exact) mass is 265 g/mol. The van der Waals surface area contributed by atoms with Crippen molar-refractivity contribution in [3.8, 4) is 0 Å². The second kappa shape index (κ2) is 5.22. The van der Waals surface area contributed by atoms with Gasteiger partial charge in [0.2, 0.25) is 0 Å². The topological polar surface area (TPSA) is 76.8 Å². The highest BCUT2D eigenvalue weighted by Gasteiger charge is 2.47. The van der Waals surface area contributed by atoms with Crippen LogP contribution >= 0.6 is 0 Å². The van der Waals surface area contributed by atoms with Gasteiger partial charge in [-0.05, 0) is 18.9 Å². The van der Waals surface area contributed by atoms with E-state index in [1.807, 2.05) is 16.9 Å². The maximum absolute atomic E-state index is 11.4. The Morgan fingerprint density at radius 2 is 2.21 bits per heavy atom. The Bertz CT molecular complexity index is 435. The molecule has 1 aromatic rings. The summed E-state index contributed by atoms with van der Waals surface area (Å²) >= 11 is 0. The van der Waals surface area contributed by atoms with Crippen molar-refractivity contribution in [2.24, 2.45) is 0 Å². The highest BCUT2D eigenvalue weighted by Crippen LogP contribution is 2.31. The van der Waals surface area contributed by atoms with Crippen LogP contribution in [-0.4, -0.2) is 58.7 Å². The molecule has 2 fully saturated rings. The van der Waals surface area contributed by atoms with Crippen molar-refractivity contribution in [3.63, 3.8) is 0 Å². The predicted molar refractivity (Wildman–Crippen MR) is 66.7 cm³/mol. The van der Waals surface area contributed by atoms with E-state index in [9.17, 15) is 9.90 Å². The smallest absolute Gasteiger partial charge is 0.465 e. The van der Waals surface area contributed by atoms with Crippen molar-refractivity contribution in [2.75, 3.05) is 19.8 Å². The van der Waals surface area contributed by atoms with Crippen LogP contribution in [0.15, 0.2) is 18.5 Å². The van der Waals surface area contributed by atoms with Crippen molar-refractivity contribution >= 4 is 13.2 Å². The summed E-state index contributed by atoms with van der Waals surface area (Å²) in [5, 5.41) is 13.6. The summed E-state index contributed by atoms with van der Waals surface area (Å²) in [5.74, 6) is -0.339. The molecule has 1 N–H and O–H groups in total. The third-order valence-corrected chi connectivity index (χ3v) is 3.69. The van der Waals surface area contributed by atoms with Crippen LogP contribution in [0, 0.1) is 0 Å². The number of hydrogen-bond acceptors (Lipinski definition) is 4. The highest BCUT2D eigenvalue weighted by atomic mass is 16.6. The second-order valence-corrected chi connectivity index (χ2v) is 4.77. The minimum absolute atomic E-state index is 0.0389. The molecule has 2 unspecified atom stereocenters. The fourth-order valence-electron chi connectivity index (χ4n) is 2.89. The summed E-state index contributed by atoms with van der Waals surface area (Å²) in [6.45, 7) is 1.54. The normalized spacial score (nSPS) is 27.8. The summed E-state index contributed by atoms with van der Waals surface area (Å²) in [6.07, 6.45) is 4.32. The zero-order valence-electron chi connectivity index (χ0n) is 10.5. The molecule has 3 rings (SSSR count). The third-order valence-electron chi connectivity index (χ3n) is 3.69. The molecule has 19 heavy (non-hydrogen) atoms. The SMILES string of the molecule is O=C(O)N1CCCC(n2cccn2)C1B1OCCO1. The first-order valence-corrected chi connectivity index (χ1v) is 6.49. The summed E-state index contributed by atoms with van der Waals surface area (Å²) < 4.78 is 12.9. The van der Waals surface area contributed by atoms with Crippen molar-refractivity contribution in [1.82, 2.24) is 14.7 Å². The number of aromatic nitrogens is 2. The van der Waals surface area contributed by atoms with Gasteiger partial charge >= 0.3 is 13.2 Å². The van der Waals surface area contributed by atoms with Crippen LogP contribution in [-0.2, 0) is 9.31 Å². The van der Waals surface area contributed by atoms with Crippen LogP contribution in [0.4, 0.5) is 4.79 Å².